The van der Waals surface area contributed by atoms with Crippen LogP contribution < -0.4 is 5.32 Å². The van der Waals surface area contributed by atoms with Gasteiger partial charge in [0.25, 0.3) is 0 Å². The number of carbonyl (C=O) groups excluding carboxylic acids is 1. The molecule has 0 unspecified atom stereocenters. The minimum Gasteiger partial charge on any atom is -0.324 e. The van der Waals surface area contributed by atoms with Crippen molar-refractivity contribution in [2.45, 2.75) is 31.0 Å². The first-order chi connectivity index (χ1) is 12.6. The lowest BCUT2D eigenvalue weighted by molar-refractivity contribution is -0.113. The number of nitrogens with zero attached hydrogens (tertiary/aromatic N) is 3. The van der Waals surface area contributed by atoms with Gasteiger partial charge in [-0.2, -0.15) is 0 Å². The zero-order valence-electron chi connectivity index (χ0n) is 14.1. The third-order valence-electron chi connectivity index (χ3n) is 4.05. The number of amides is 1. The fourth-order valence-corrected chi connectivity index (χ4v) is 4.44. The first kappa shape index (κ1) is 17.6. The van der Waals surface area contributed by atoms with Crippen molar-refractivity contribution in [1.82, 2.24) is 14.8 Å². The van der Waals surface area contributed by atoms with Crippen LogP contribution in [0.1, 0.15) is 24.4 Å². The summed E-state index contributed by atoms with van der Waals surface area (Å²) < 4.78 is 2.17. The molecule has 3 aromatic rings. The van der Waals surface area contributed by atoms with Gasteiger partial charge in [0.1, 0.15) is 0 Å². The fraction of sp³-hybridized carbons (Fsp3) is 0.278. The molecule has 1 N–H and O–H groups in total. The van der Waals surface area contributed by atoms with Gasteiger partial charge in [-0.05, 0) is 48.9 Å². The molecule has 26 heavy (non-hydrogen) atoms. The third kappa shape index (κ3) is 3.79. The van der Waals surface area contributed by atoms with Gasteiger partial charge in [-0.1, -0.05) is 35.5 Å². The van der Waals surface area contributed by atoms with Crippen molar-refractivity contribution >= 4 is 46.3 Å². The second-order valence-electron chi connectivity index (χ2n) is 6.20. The molecule has 0 spiro atoms. The third-order valence-corrected chi connectivity index (χ3v) is 6.17. The number of aryl methyl sites for hydroxylation is 1. The van der Waals surface area contributed by atoms with Crippen LogP contribution in [0.4, 0.5) is 5.69 Å². The van der Waals surface area contributed by atoms with Crippen LogP contribution in [0, 0.1) is 6.92 Å². The number of hydrogen-bond donors (Lipinski definition) is 1. The average molecular weight is 405 g/mol. The van der Waals surface area contributed by atoms with Crippen LogP contribution in [-0.2, 0) is 4.79 Å². The summed E-state index contributed by atoms with van der Waals surface area (Å²) in [7, 11) is 0. The molecule has 0 aliphatic heterocycles. The number of benzene rings is 1. The van der Waals surface area contributed by atoms with Crippen LogP contribution in [0.15, 0.2) is 40.9 Å². The number of halogens is 1. The number of carbonyl (C=O) groups is 1. The van der Waals surface area contributed by atoms with Gasteiger partial charge in [0.05, 0.1) is 21.3 Å². The van der Waals surface area contributed by atoms with Crippen LogP contribution in [0.25, 0.3) is 10.7 Å². The van der Waals surface area contributed by atoms with Crippen LogP contribution in [0.5, 0.6) is 0 Å². The summed E-state index contributed by atoms with van der Waals surface area (Å²) in [4.78, 5) is 13.4. The normalized spacial score (nSPS) is 13.8. The molecular formula is C18H17ClN4OS2. The van der Waals surface area contributed by atoms with Crippen LogP contribution >= 0.6 is 34.7 Å². The lowest BCUT2D eigenvalue weighted by Crippen LogP contribution is -2.15. The van der Waals surface area contributed by atoms with Gasteiger partial charge < -0.3 is 5.32 Å². The second-order valence-corrected chi connectivity index (χ2v) is 8.50. The van der Waals surface area contributed by atoms with Gasteiger partial charge in [-0.3, -0.25) is 9.36 Å². The number of thioether (sulfide) groups is 1. The molecule has 5 nitrogen and oxygen atoms in total. The summed E-state index contributed by atoms with van der Waals surface area (Å²) in [6.07, 6.45) is 2.27. The maximum absolute atomic E-state index is 12.3. The Morgan fingerprint density at radius 2 is 2.23 bits per heavy atom. The highest BCUT2D eigenvalue weighted by Gasteiger charge is 2.30. The van der Waals surface area contributed by atoms with Crippen molar-refractivity contribution in [3.63, 3.8) is 0 Å². The molecule has 1 aliphatic rings. The number of aromatic nitrogens is 3. The van der Waals surface area contributed by atoms with Gasteiger partial charge in [-0.25, -0.2) is 0 Å². The largest absolute Gasteiger partial charge is 0.324 e. The molecule has 0 radical (unpaired) electrons. The minimum absolute atomic E-state index is 0.108. The van der Waals surface area contributed by atoms with Gasteiger partial charge in [0.15, 0.2) is 11.0 Å². The van der Waals surface area contributed by atoms with Crippen molar-refractivity contribution in [2.75, 3.05) is 11.1 Å². The molecule has 2 aromatic heterocycles. The number of nitrogens with one attached hydrogen (secondary N) is 1. The number of thiophene rings is 1. The highest BCUT2D eigenvalue weighted by atomic mass is 35.5. The van der Waals surface area contributed by atoms with Crippen LogP contribution in [0.2, 0.25) is 5.02 Å². The van der Waals surface area contributed by atoms with E-state index in [0.29, 0.717) is 16.8 Å². The molecule has 1 aromatic carbocycles. The lowest BCUT2D eigenvalue weighted by atomic mass is 10.2. The smallest absolute Gasteiger partial charge is 0.234 e. The molecule has 134 valence electrons. The zero-order valence-corrected chi connectivity index (χ0v) is 16.5. The summed E-state index contributed by atoms with van der Waals surface area (Å²) in [5.41, 5.74) is 1.69. The Bertz CT molecular complexity index is 935. The van der Waals surface area contributed by atoms with E-state index in [1.807, 2.05) is 42.6 Å². The molecule has 0 bridgehead atoms. The van der Waals surface area contributed by atoms with E-state index < -0.39 is 0 Å². The molecule has 1 fully saturated rings. The minimum atomic E-state index is -0.108. The Kier molecular flexibility index (Phi) is 5.02. The summed E-state index contributed by atoms with van der Waals surface area (Å²) >= 11 is 9.24. The monoisotopic (exact) mass is 404 g/mol. The van der Waals surface area contributed by atoms with E-state index in [1.165, 1.54) is 11.8 Å². The standard InChI is InChI=1S/C18H17ClN4OS2/c1-11-4-7-14(13(19)9-11)20-16(24)10-26-18-22-21-17(15-3-2-8-25-15)23(18)12-5-6-12/h2-4,7-9,12H,5-6,10H2,1H3,(H,20,24). The number of hydrogen-bond acceptors (Lipinski definition) is 5. The number of rotatable bonds is 6. The topological polar surface area (TPSA) is 59.8 Å². The van der Waals surface area contributed by atoms with E-state index in [1.54, 1.807) is 11.3 Å². The van der Waals surface area contributed by atoms with Crippen molar-refractivity contribution in [3.8, 4) is 10.7 Å². The van der Waals surface area contributed by atoms with Crippen molar-refractivity contribution < 1.29 is 4.79 Å². The van der Waals surface area contributed by atoms with E-state index >= 15 is 0 Å². The molecular weight excluding hydrogens is 388 g/mol. The first-order valence-electron chi connectivity index (χ1n) is 8.29. The van der Waals surface area contributed by atoms with E-state index in [4.69, 9.17) is 11.6 Å². The van der Waals surface area contributed by atoms with Crippen molar-refractivity contribution in [1.29, 1.82) is 0 Å². The molecule has 1 saturated carbocycles. The van der Waals surface area contributed by atoms with Gasteiger partial charge >= 0.3 is 0 Å². The predicted octanol–water partition coefficient (Wildman–Crippen LogP) is 5.03. The van der Waals surface area contributed by atoms with Gasteiger partial charge in [-0.15, -0.1) is 21.5 Å². The maximum atomic E-state index is 12.3. The highest BCUT2D eigenvalue weighted by molar-refractivity contribution is 7.99. The molecule has 0 atom stereocenters. The van der Waals surface area contributed by atoms with Crippen molar-refractivity contribution in [3.05, 3.63) is 46.3 Å². The summed E-state index contributed by atoms with van der Waals surface area (Å²) in [6.45, 7) is 1.96. The van der Waals surface area contributed by atoms with Gasteiger partial charge in [0, 0.05) is 6.04 Å². The lowest BCUT2D eigenvalue weighted by Gasteiger charge is -2.09. The average Bonchev–Trinajstić information content (AvgIpc) is 3.14. The van der Waals surface area contributed by atoms with E-state index in [9.17, 15) is 4.79 Å². The fourth-order valence-electron chi connectivity index (χ4n) is 2.65. The van der Waals surface area contributed by atoms with E-state index in [0.717, 1.165) is 34.3 Å². The Hall–Kier alpha value is -1.83. The Labute approximate surface area is 164 Å². The SMILES string of the molecule is Cc1ccc(NC(=O)CSc2nnc(-c3cccs3)n2C2CC2)c(Cl)c1. The molecule has 4 rings (SSSR count). The van der Waals surface area contributed by atoms with Gasteiger partial charge in [0.2, 0.25) is 5.91 Å². The highest BCUT2D eigenvalue weighted by Crippen LogP contribution is 2.41. The molecule has 0 saturated heterocycles. The molecule has 2 heterocycles. The quantitative estimate of drug-likeness (QED) is 0.585. The summed E-state index contributed by atoms with van der Waals surface area (Å²) in [5, 5.41) is 14.9. The molecule has 8 heteroatoms. The van der Waals surface area contributed by atoms with Crippen molar-refractivity contribution in [2.24, 2.45) is 0 Å². The first-order valence-corrected chi connectivity index (χ1v) is 10.5. The number of anilines is 1. The molecule has 1 amide bonds. The summed E-state index contributed by atoms with van der Waals surface area (Å²) in [6, 6.07) is 10.1. The van der Waals surface area contributed by atoms with Crippen LogP contribution in [0.3, 0.4) is 0 Å². The predicted molar refractivity (Wildman–Crippen MR) is 107 cm³/mol. The van der Waals surface area contributed by atoms with E-state index in [2.05, 4.69) is 20.1 Å². The maximum Gasteiger partial charge on any atom is 0.234 e. The Morgan fingerprint density at radius 1 is 1.38 bits per heavy atom. The zero-order chi connectivity index (χ0) is 18.1. The van der Waals surface area contributed by atoms with E-state index in [-0.39, 0.29) is 11.7 Å². The second kappa shape index (κ2) is 7.42. The Morgan fingerprint density at radius 3 is 2.92 bits per heavy atom. The molecule has 1 aliphatic carbocycles. The summed E-state index contributed by atoms with van der Waals surface area (Å²) in [5.74, 6) is 1.05. The van der Waals surface area contributed by atoms with Crippen LogP contribution in [-0.4, -0.2) is 26.4 Å². The Balaban J connectivity index is 1.45.